The molecule has 3 nitrogen and oxygen atoms in total. The highest BCUT2D eigenvalue weighted by Gasteiger charge is 2.08. The van der Waals surface area contributed by atoms with Crippen molar-refractivity contribution >= 4 is 5.69 Å². The molecule has 0 aliphatic heterocycles. The molecule has 0 atom stereocenters. The standard InChI is InChI=1S/C13H12F2N2O/c1-18-13-9(4-3-7-16-13)8-17-11-6-2-5-10(14)12(11)15/h2-7,17H,8H2,1H3. The molecular formula is C13H12F2N2O. The summed E-state index contributed by atoms with van der Waals surface area (Å²) in [5.41, 5.74) is 0.879. The third-order valence-electron chi connectivity index (χ3n) is 2.46. The number of anilines is 1. The topological polar surface area (TPSA) is 34.1 Å². The molecule has 0 radical (unpaired) electrons. The molecule has 0 saturated carbocycles. The quantitative estimate of drug-likeness (QED) is 0.905. The first-order valence-electron chi connectivity index (χ1n) is 5.38. The molecule has 0 spiro atoms. The average Bonchev–Trinajstić information content (AvgIpc) is 2.41. The summed E-state index contributed by atoms with van der Waals surface area (Å²) >= 11 is 0. The fourth-order valence-electron chi connectivity index (χ4n) is 1.57. The maximum absolute atomic E-state index is 13.4. The van der Waals surface area contributed by atoms with E-state index in [1.807, 2.05) is 0 Å². The van der Waals surface area contributed by atoms with Crippen LogP contribution in [0.1, 0.15) is 5.56 Å². The minimum absolute atomic E-state index is 0.112. The molecule has 0 aliphatic carbocycles. The van der Waals surface area contributed by atoms with Gasteiger partial charge in [0.05, 0.1) is 12.8 Å². The third kappa shape index (κ3) is 2.56. The van der Waals surface area contributed by atoms with Crippen LogP contribution in [0.3, 0.4) is 0 Å². The van der Waals surface area contributed by atoms with Gasteiger partial charge >= 0.3 is 0 Å². The Morgan fingerprint density at radius 3 is 2.83 bits per heavy atom. The van der Waals surface area contributed by atoms with Crippen molar-refractivity contribution in [3.8, 4) is 5.88 Å². The number of aromatic nitrogens is 1. The van der Waals surface area contributed by atoms with Crippen molar-refractivity contribution in [2.45, 2.75) is 6.54 Å². The second-order valence-corrected chi connectivity index (χ2v) is 3.63. The Hall–Kier alpha value is -2.17. The lowest BCUT2D eigenvalue weighted by Gasteiger charge is -2.10. The second kappa shape index (κ2) is 5.44. The highest BCUT2D eigenvalue weighted by Crippen LogP contribution is 2.19. The summed E-state index contributed by atoms with van der Waals surface area (Å²) < 4.78 is 31.5. The van der Waals surface area contributed by atoms with E-state index in [0.717, 1.165) is 11.6 Å². The lowest BCUT2D eigenvalue weighted by Crippen LogP contribution is -2.04. The molecular weight excluding hydrogens is 238 g/mol. The van der Waals surface area contributed by atoms with Gasteiger partial charge in [-0.15, -0.1) is 0 Å². The molecule has 1 aromatic carbocycles. The smallest absolute Gasteiger partial charge is 0.218 e. The van der Waals surface area contributed by atoms with Gasteiger partial charge < -0.3 is 10.1 Å². The number of rotatable bonds is 4. The molecule has 0 bridgehead atoms. The van der Waals surface area contributed by atoms with Crippen molar-refractivity contribution in [2.24, 2.45) is 0 Å². The average molecular weight is 250 g/mol. The van der Waals surface area contributed by atoms with Crippen molar-refractivity contribution in [1.82, 2.24) is 4.98 Å². The van der Waals surface area contributed by atoms with Crippen LogP contribution in [0.15, 0.2) is 36.5 Å². The van der Waals surface area contributed by atoms with Crippen LogP contribution >= 0.6 is 0 Å². The molecule has 0 amide bonds. The number of halogens is 2. The number of pyridine rings is 1. The second-order valence-electron chi connectivity index (χ2n) is 3.63. The molecule has 0 fully saturated rings. The Morgan fingerprint density at radius 1 is 1.22 bits per heavy atom. The number of hydrogen-bond donors (Lipinski definition) is 1. The molecule has 18 heavy (non-hydrogen) atoms. The van der Waals surface area contributed by atoms with Crippen LogP contribution in [-0.4, -0.2) is 12.1 Å². The number of benzene rings is 1. The van der Waals surface area contributed by atoms with Gasteiger partial charge in [-0.25, -0.2) is 13.8 Å². The zero-order valence-corrected chi connectivity index (χ0v) is 9.78. The van der Waals surface area contributed by atoms with Crippen molar-refractivity contribution in [2.75, 3.05) is 12.4 Å². The van der Waals surface area contributed by atoms with E-state index in [4.69, 9.17) is 4.74 Å². The Balaban J connectivity index is 2.14. The zero-order valence-electron chi connectivity index (χ0n) is 9.78. The summed E-state index contributed by atoms with van der Waals surface area (Å²) in [4.78, 5) is 4.02. The summed E-state index contributed by atoms with van der Waals surface area (Å²) in [5, 5.41) is 2.81. The molecule has 5 heteroatoms. The van der Waals surface area contributed by atoms with Crippen LogP contribution in [0.5, 0.6) is 5.88 Å². The minimum atomic E-state index is -0.889. The fraction of sp³-hybridized carbons (Fsp3) is 0.154. The maximum Gasteiger partial charge on any atom is 0.218 e. The molecule has 0 saturated heterocycles. The van der Waals surface area contributed by atoms with E-state index in [2.05, 4.69) is 10.3 Å². The lowest BCUT2D eigenvalue weighted by molar-refractivity contribution is 0.393. The van der Waals surface area contributed by atoms with E-state index in [9.17, 15) is 8.78 Å². The Bertz CT molecular complexity index is 546. The van der Waals surface area contributed by atoms with Crippen LogP contribution in [0.25, 0.3) is 0 Å². The molecule has 2 rings (SSSR count). The first-order chi connectivity index (χ1) is 8.72. The fourth-order valence-corrected chi connectivity index (χ4v) is 1.57. The van der Waals surface area contributed by atoms with Crippen LogP contribution < -0.4 is 10.1 Å². The van der Waals surface area contributed by atoms with Gasteiger partial charge in [0.1, 0.15) is 0 Å². The van der Waals surface area contributed by atoms with Gasteiger partial charge in [-0.1, -0.05) is 12.1 Å². The van der Waals surface area contributed by atoms with E-state index >= 15 is 0 Å². The largest absolute Gasteiger partial charge is 0.481 e. The van der Waals surface area contributed by atoms with Gasteiger partial charge in [0.15, 0.2) is 11.6 Å². The Kier molecular flexibility index (Phi) is 3.72. The Labute approximate surface area is 103 Å². The number of methoxy groups -OCH3 is 1. The van der Waals surface area contributed by atoms with Crippen molar-refractivity contribution in [3.63, 3.8) is 0 Å². The number of nitrogens with zero attached hydrogens (tertiary/aromatic N) is 1. The Morgan fingerprint density at radius 2 is 2.06 bits per heavy atom. The predicted molar refractivity (Wildman–Crippen MR) is 64.5 cm³/mol. The number of hydrogen-bond acceptors (Lipinski definition) is 3. The summed E-state index contributed by atoms with van der Waals surface area (Å²) in [6.45, 7) is 0.303. The number of nitrogens with one attached hydrogen (secondary N) is 1. The van der Waals surface area contributed by atoms with Gasteiger partial charge in [0.2, 0.25) is 5.88 Å². The summed E-state index contributed by atoms with van der Waals surface area (Å²) in [6.07, 6.45) is 1.60. The first kappa shape index (κ1) is 12.3. The number of ether oxygens (including phenoxy) is 1. The SMILES string of the molecule is COc1ncccc1CNc1cccc(F)c1F. The van der Waals surface area contributed by atoms with Gasteiger partial charge in [0.25, 0.3) is 0 Å². The monoisotopic (exact) mass is 250 g/mol. The van der Waals surface area contributed by atoms with E-state index in [0.29, 0.717) is 12.4 Å². The molecule has 0 aliphatic rings. The first-order valence-corrected chi connectivity index (χ1v) is 5.38. The zero-order chi connectivity index (χ0) is 13.0. The van der Waals surface area contributed by atoms with Gasteiger partial charge in [-0.05, 0) is 18.2 Å². The molecule has 2 aromatic rings. The predicted octanol–water partition coefficient (Wildman–Crippen LogP) is 2.98. The molecule has 0 unspecified atom stereocenters. The van der Waals surface area contributed by atoms with Gasteiger partial charge in [-0.2, -0.15) is 0 Å². The van der Waals surface area contributed by atoms with Crippen LogP contribution in [0.2, 0.25) is 0 Å². The highest BCUT2D eigenvalue weighted by atomic mass is 19.2. The summed E-state index contributed by atoms with van der Waals surface area (Å²) in [6, 6.07) is 7.55. The molecule has 1 aromatic heterocycles. The van der Waals surface area contributed by atoms with E-state index in [1.165, 1.54) is 19.2 Å². The van der Waals surface area contributed by atoms with Crippen LogP contribution in [0, 0.1) is 11.6 Å². The molecule has 94 valence electrons. The minimum Gasteiger partial charge on any atom is -0.481 e. The van der Waals surface area contributed by atoms with Crippen molar-refractivity contribution in [1.29, 1.82) is 0 Å². The van der Waals surface area contributed by atoms with Crippen molar-refractivity contribution in [3.05, 3.63) is 53.7 Å². The highest BCUT2D eigenvalue weighted by molar-refractivity contribution is 5.46. The van der Waals surface area contributed by atoms with Gasteiger partial charge in [-0.3, -0.25) is 0 Å². The van der Waals surface area contributed by atoms with Crippen molar-refractivity contribution < 1.29 is 13.5 Å². The summed E-state index contributed by atoms with van der Waals surface area (Å²) in [5.74, 6) is -1.31. The van der Waals surface area contributed by atoms with E-state index in [-0.39, 0.29) is 5.69 Å². The molecule has 1 N–H and O–H groups in total. The summed E-state index contributed by atoms with van der Waals surface area (Å²) in [7, 11) is 1.51. The molecule has 1 heterocycles. The third-order valence-corrected chi connectivity index (χ3v) is 2.46. The maximum atomic E-state index is 13.4. The van der Waals surface area contributed by atoms with E-state index in [1.54, 1.807) is 18.3 Å². The van der Waals surface area contributed by atoms with E-state index < -0.39 is 11.6 Å². The normalized spacial score (nSPS) is 10.2. The van der Waals surface area contributed by atoms with Gasteiger partial charge in [0, 0.05) is 18.3 Å². The van der Waals surface area contributed by atoms with Crippen LogP contribution in [0.4, 0.5) is 14.5 Å². The van der Waals surface area contributed by atoms with Crippen LogP contribution in [-0.2, 0) is 6.54 Å². The lowest BCUT2D eigenvalue weighted by atomic mass is 10.2.